The molecule has 2 unspecified atom stereocenters. The Labute approximate surface area is 104 Å². The Kier molecular flexibility index (Phi) is 3.58. The molecule has 2 aliphatic heterocycles. The molecule has 2 aliphatic rings. The summed E-state index contributed by atoms with van der Waals surface area (Å²) in [5.74, 6) is 3.39. The van der Waals surface area contributed by atoms with Gasteiger partial charge in [-0.15, -0.1) is 0 Å². The van der Waals surface area contributed by atoms with Crippen molar-refractivity contribution in [1.82, 2.24) is 4.90 Å². The van der Waals surface area contributed by atoms with Crippen molar-refractivity contribution >= 4 is 11.8 Å². The Bertz CT molecular complexity index is 254. The summed E-state index contributed by atoms with van der Waals surface area (Å²) >= 11 is 2.10. The van der Waals surface area contributed by atoms with Crippen LogP contribution in [0.1, 0.15) is 33.6 Å². The first-order chi connectivity index (χ1) is 7.47. The number of nitrogens with zero attached hydrogens (tertiary/aromatic N) is 1. The summed E-state index contributed by atoms with van der Waals surface area (Å²) in [7, 11) is 0. The van der Waals surface area contributed by atoms with E-state index in [1.54, 1.807) is 0 Å². The van der Waals surface area contributed by atoms with E-state index < -0.39 is 0 Å². The normalized spacial score (nSPS) is 40.1. The predicted molar refractivity (Wildman–Crippen MR) is 72.9 cm³/mol. The number of nitrogens with two attached hydrogens (primary N) is 1. The molecule has 0 aromatic heterocycles. The van der Waals surface area contributed by atoms with Crippen molar-refractivity contribution in [2.24, 2.45) is 17.1 Å². The molecule has 0 aromatic rings. The van der Waals surface area contributed by atoms with Crippen LogP contribution in [0.25, 0.3) is 0 Å². The van der Waals surface area contributed by atoms with Gasteiger partial charge in [-0.25, -0.2) is 0 Å². The zero-order chi connectivity index (χ0) is 11.8. The molecule has 2 saturated heterocycles. The molecule has 0 saturated carbocycles. The molecule has 3 heteroatoms. The van der Waals surface area contributed by atoms with Crippen LogP contribution in [0.4, 0.5) is 0 Å². The summed E-state index contributed by atoms with van der Waals surface area (Å²) in [5.41, 5.74) is 6.87. The number of rotatable bonds is 2. The molecule has 2 nitrogen and oxygen atoms in total. The highest BCUT2D eigenvalue weighted by molar-refractivity contribution is 7.99. The van der Waals surface area contributed by atoms with Gasteiger partial charge in [0.15, 0.2) is 0 Å². The van der Waals surface area contributed by atoms with Gasteiger partial charge in [0.2, 0.25) is 0 Å². The SMILES string of the molecule is CC1CCN(C2(CN)CSCC(C)(C)C2)C1. The van der Waals surface area contributed by atoms with E-state index in [4.69, 9.17) is 5.73 Å². The zero-order valence-corrected chi connectivity index (χ0v) is 11.8. The van der Waals surface area contributed by atoms with Crippen LogP contribution in [0.3, 0.4) is 0 Å². The van der Waals surface area contributed by atoms with Gasteiger partial charge in [0.1, 0.15) is 0 Å². The summed E-state index contributed by atoms with van der Waals surface area (Å²) in [6.07, 6.45) is 2.63. The van der Waals surface area contributed by atoms with Crippen LogP contribution in [0, 0.1) is 11.3 Å². The Morgan fingerprint density at radius 2 is 2.12 bits per heavy atom. The van der Waals surface area contributed by atoms with Gasteiger partial charge in [0.05, 0.1) is 0 Å². The molecule has 0 radical (unpaired) electrons. The quantitative estimate of drug-likeness (QED) is 0.805. The van der Waals surface area contributed by atoms with Crippen molar-refractivity contribution in [3.8, 4) is 0 Å². The molecule has 2 N–H and O–H groups in total. The number of likely N-dealkylation sites (tertiary alicyclic amines) is 1. The van der Waals surface area contributed by atoms with E-state index in [0.29, 0.717) is 5.41 Å². The average Bonchev–Trinajstić information content (AvgIpc) is 2.63. The van der Waals surface area contributed by atoms with Gasteiger partial charge in [-0.1, -0.05) is 20.8 Å². The van der Waals surface area contributed by atoms with Gasteiger partial charge in [0, 0.05) is 24.4 Å². The van der Waals surface area contributed by atoms with Gasteiger partial charge in [-0.3, -0.25) is 4.90 Å². The second-order valence-electron chi connectivity index (χ2n) is 6.60. The first-order valence-electron chi connectivity index (χ1n) is 6.50. The molecule has 16 heavy (non-hydrogen) atoms. The Morgan fingerprint density at radius 1 is 1.38 bits per heavy atom. The van der Waals surface area contributed by atoms with E-state index in [-0.39, 0.29) is 5.54 Å². The van der Waals surface area contributed by atoms with Crippen LogP contribution in [-0.2, 0) is 0 Å². The summed E-state index contributed by atoms with van der Waals surface area (Å²) in [6.45, 7) is 10.5. The Hall–Kier alpha value is 0.270. The summed E-state index contributed by atoms with van der Waals surface area (Å²) in [4.78, 5) is 2.69. The van der Waals surface area contributed by atoms with Crippen LogP contribution < -0.4 is 5.73 Å². The van der Waals surface area contributed by atoms with Crippen LogP contribution in [0.15, 0.2) is 0 Å². The fraction of sp³-hybridized carbons (Fsp3) is 1.00. The van der Waals surface area contributed by atoms with Crippen LogP contribution in [0.2, 0.25) is 0 Å². The number of hydrogen-bond donors (Lipinski definition) is 1. The molecule has 0 amide bonds. The molecule has 94 valence electrons. The summed E-state index contributed by atoms with van der Waals surface area (Å²) in [5, 5.41) is 0. The zero-order valence-electron chi connectivity index (χ0n) is 11.0. The third-order valence-corrected chi connectivity index (χ3v) is 5.87. The lowest BCUT2D eigenvalue weighted by atomic mass is 9.79. The Morgan fingerprint density at radius 3 is 2.62 bits per heavy atom. The van der Waals surface area contributed by atoms with E-state index in [1.807, 2.05) is 0 Å². The first-order valence-corrected chi connectivity index (χ1v) is 7.66. The summed E-state index contributed by atoms with van der Waals surface area (Å²) < 4.78 is 0. The molecule has 0 aliphatic carbocycles. The third kappa shape index (κ3) is 2.41. The van der Waals surface area contributed by atoms with Gasteiger partial charge in [-0.05, 0) is 36.5 Å². The largest absolute Gasteiger partial charge is 0.329 e. The highest BCUT2D eigenvalue weighted by Gasteiger charge is 2.45. The van der Waals surface area contributed by atoms with Crippen molar-refractivity contribution in [1.29, 1.82) is 0 Å². The lowest BCUT2D eigenvalue weighted by Gasteiger charge is -2.49. The average molecular weight is 242 g/mol. The monoisotopic (exact) mass is 242 g/mol. The van der Waals surface area contributed by atoms with Crippen LogP contribution >= 0.6 is 11.8 Å². The fourth-order valence-corrected chi connectivity index (χ4v) is 4.88. The van der Waals surface area contributed by atoms with Crippen molar-refractivity contribution in [3.05, 3.63) is 0 Å². The Balaban J connectivity index is 2.12. The lowest BCUT2D eigenvalue weighted by Crippen LogP contribution is -2.59. The minimum Gasteiger partial charge on any atom is -0.329 e. The van der Waals surface area contributed by atoms with Crippen molar-refractivity contribution < 1.29 is 0 Å². The molecule has 2 fully saturated rings. The molecule has 0 spiro atoms. The first kappa shape index (κ1) is 12.7. The molecular weight excluding hydrogens is 216 g/mol. The van der Waals surface area contributed by atoms with E-state index in [0.717, 1.165) is 12.5 Å². The maximum absolute atomic E-state index is 6.13. The molecule has 2 heterocycles. The molecule has 2 atom stereocenters. The summed E-state index contributed by atoms with van der Waals surface area (Å²) in [6, 6.07) is 0. The number of thioether (sulfide) groups is 1. The fourth-order valence-electron chi connectivity index (χ4n) is 3.34. The second-order valence-corrected chi connectivity index (χ2v) is 7.59. The maximum Gasteiger partial charge on any atom is 0.0427 e. The topological polar surface area (TPSA) is 29.3 Å². The highest BCUT2D eigenvalue weighted by atomic mass is 32.2. The minimum absolute atomic E-state index is 0.289. The van der Waals surface area contributed by atoms with E-state index in [9.17, 15) is 0 Å². The van der Waals surface area contributed by atoms with Gasteiger partial charge in [-0.2, -0.15) is 11.8 Å². The standard InChI is InChI=1S/C13H26N2S/c1-11-4-5-15(6-11)13(8-14)7-12(2,3)9-16-10-13/h11H,4-10,14H2,1-3H3. The number of hydrogen-bond acceptors (Lipinski definition) is 3. The minimum atomic E-state index is 0.289. The lowest BCUT2D eigenvalue weighted by molar-refractivity contribution is 0.0888. The van der Waals surface area contributed by atoms with Crippen LogP contribution in [0.5, 0.6) is 0 Å². The van der Waals surface area contributed by atoms with Crippen molar-refractivity contribution in [2.75, 3.05) is 31.1 Å². The van der Waals surface area contributed by atoms with E-state index in [2.05, 4.69) is 37.4 Å². The smallest absolute Gasteiger partial charge is 0.0427 e. The van der Waals surface area contributed by atoms with Gasteiger partial charge in [0.25, 0.3) is 0 Å². The molecule has 2 rings (SSSR count). The predicted octanol–water partition coefficient (Wildman–Crippen LogP) is 2.19. The molecule has 0 bridgehead atoms. The van der Waals surface area contributed by atoms with Gasteiger partial charge >= 0.3 is 0 Å². The van der Waals surface area contributed by atoms with Crippen molar-refractivity contribution in [2.45, 2.75) is 39.2 Å². The maximum atomic E-state index is 6.13. The van der Waals surface area contributed by atoms with Crippen LogP contribution in [-0.4, -0.2) is 41.6 Å². The molecular formula is C13H26N2S. The van der Waals surface area contributed by atoms with E-state index in [1.165, 1.54) is 37.4 Å². The van der Waals surface area contributed by atoms with Crippen molar-refractivity contribution in [3.63, 3.8) is 0 Å². The molecule has 0 aromatic carbocycles. The second kappa shape index (κ2) is 4.51. The van der Waals surface area contributed by atoms with Gasteiger partial charge < -0.3 is 5.73 Å². The van der Waals surface area contributed by atoms with E-state index >= 15 is 0 Å². The third-order valence-electron chi connectivity index (χ3n) is 4.15. The highest BCUT2D eigenvalue weighted by Crippen LogP contribution is 2.43.